The van der Waals surface area contributed by atoms with Crippen molar-refractivity contribution in [2.45, 2.75) is 13.0 Å². The molecule has 3 rings (SSSR count). The van der Waals surface area contributed by atoms with Crippen LogP contribution in [0.15, 0.2) is 18.2 Å². The fourth-order valence-electron chi connectivity index (χ4n) is 1.77. The minimum Gasteiger partial charge on any atom is -0.355 e. The Labute approximate surface area is 101 Å². The Hall–Kier alpha value is -2.02. The van der Waals surface area contributed by atoms with Gasteiger partial charge in [0, 0.05) is 23.8 Å². The first-order valence-corrected chi connectivity index (χ1v) is 5.89. The molecule has 0 atom stereocenters. The summed E-state index contributed by atoms with van der Waals surface area (Å²) in [6, 6.07) is 5.93. The summed E-state index contributed by atoms with van der Waals surface area (Å²) in [6.07, 6.45) is 0.462. The second-order valence-electron chi connectivity index (χ2n) is 3.74. The van der Waals surface area contributed by atoms with Crippen molar-refractivity contribution >= 4 is 28.3 Å². The van der Waals surface area contributed by atoms with Crippen LogP contribution in [0.4, 0.5) is 10.8 Å². The van der Waals surface area contributed by atoms with E-state index in [-0.39, 0.29) is 5.91 Å². The molecule has 86 valence electrons. The molecule has 17 heavy (non-hydrogen) atoms. The van der Waals surface area contributed by atoms with E-state index in [1.165, 1.54) is 11.5 Å². The lowest BCUT2D eigenvalue weighted by Crippen LogP contribution is -2.03. The van der Waals surface area contributed by atoms with Crippen molar-refractivity contribution in [3.05, 3.63) is 29.3 Å². The molecular formula is C10H9N5OS. The van der Waals surface area contributed by atoms with Crippen LogP contribution in [-0.4, -0.2) is 20.7 Å². The number of fused-ring (bicyclic) bond motifs is 1. The zero-order valence-corrected chi connectivity index (χ0v) is 9.62. The minimum atomic E-state index is 0.0541. The fourth-order valence-corrected chi connectivity index (χ4v) is 2.13. The third-order valence-corrected chi connectivity index (χ3v) is 3.09. The van der Waals surface area contributed by atoms with Gasteiger partial charge < -0.3 is 10.6 Å². The van der Waals surface area contributed by atoms with E-state index in [0.717, 1.165) is 16.8 Å². The first-order chi connectivity index (χ1) is 8.31. The van der Waals surface area contributed by atoms with E-state index in [2.05, 4.69) is 25.4 Å². The van der Waals surface area contributed by atoms with E-state index in [4.69, 9.17) is 0 Å². The van der Waals surface area contributed by atoms with Crippen LogP contribution in [0.5, 0.6) is 0 Å². The quantitative estimate of drug-likeness (QED) is 0.847. The lowest BCUT2D eigenvalue weighted by atomic mass is 10.1. The molecule has 0 saturated carbocycles. The molecule has 0 radical (unpaired) electrons. The van der Waals surface area contributed by atoms with Gasteiger partial charge in [-0.25, -0.2) is 0 Å². The van der Waals surface area contributed by atoms with Gasteiger partial charge in [-0.05, 0) is 22.4 Å². The fraction of sp³-hybridized carbons (Fsp3) is 0.200. The Kier molecular flexibility index (Phi) is 2.45. The monoisotopic (exact) mass is 247 g/mol. The normalized spacial score (nSPS) is 13.3. The smallest absolute Gasteiger partial charge is 0.228 e. The summed E-state index contributed by atoms with van der Waals surface area (Å²) >= 11 is 1.22. The number of aromatic nitrogens is 3. The van der Waals surface area contributed by atoms with Crippen LogP contribution < -0.4 is 10.6 Å². The Balaban J connectivity index is 1.73. The van der Waals surface area contributed by atoms with Crippen LogP contribution in [0, 0.1) is 0 Å². The largest absolute Gasteiger partial charge is 0.355 e. The van der Waals surface area contributed by atoms with Gasteiger partial charge in [-0.1, -0.05) is 21.7 Å². The van der Waals surface area contributed by atoms with Crippen molar-refractivity contribution < 1.29 is 4.79 Å². The molecule has 0 unspecified atom stereocenters. The molecule has 2 N–H and O–H groups in total. The highest BCUT2D eigenvalue weighted by atomic mass is 32.1. The van der Waals surface area contributed by atoms with Crippen LogP contribution in [0.2, 0.25) is 0 Å². The first kappa shape index (κ1) is 10.2. The zero-order valence-electron chi connectivity index (χ0n) is 8.80. The number of carbonyl (C=O) groups excluding carboxylic acids is 1. The molecule has 1 aliphatic rings. The van der Waals surface area contributed by atoms with Crippen molar-refractivity contribution in [3.63, 3.8) is 0 Å². The lowest BCUT2D eigenvalue weighted by molar-refractivity contribution is -0.115. The number of amides is 1. The van der Waals surface area contributed by atoms with E-state index >= 15 is 0 Å². The summed E-state index contributed by atoms with van der Waals surface area (Å²) < 4.78 is 3.67. The van der Waals surface area contributed by atoms with Crippen molar-refractivity contribution in [3.8, 4) is 0 Å². The molecule has 2 heterocycles. The molecule has 0 aliphatic carbocycles. The SMILES string of the molecule is O=C1Cc2cc(CNc3nnns3)ccc2N1. The third-order valence-electron chi connectivity index (χ3n) is 2.54. The predicted molar refractivity (Wildman–Crippen MR) is 63.8 cm³/mol. The second kappa shape index (κ2) is 4.10. The molecule has 7 heteroatoms. The van der Waals surface area contributed by atoms with Gasteiger partial charge in [0.2, 0.25) is 11.0 Å². The van der Waals surface area contributed by atoms with E-state index in [1.807, 2.05) is 18.2 Å². The van der Waals surface area contributed by atoms with E-state index < -0.39 is 0 Å². The summed E-state index contributed by atoms with van der Waals surface area (Å²) in [5, 5.41) is 13.9. The van der Waals surface area contributed by atoms with Gasteiger partial charge in [-0.3, -0.25) is 4.79 Å². The highest BCUT2D eigenvalue weighted by molar-refractivity contribution is 7.09. The van der Waals surface area contributed by atoms with Gasteiger partial charge in [0.05, 0.1) is 6.42 Å². The molecule has 0 fully saturated rings. The van der Waals surface area contributed by atoms with Gasteiger partial charge >= 0.3 is 0 Å². The topological polar surface area (TPSA) is 79.8 Å². The van der Waals surface area contributed by atoms with Crippen molar-refractivity contribution in [1.82, 2.24) is 14.8 Å². The van der Waals surface area contributed by atoms with Gasteiger partial charge in [0.25, 0.3) is 0 Å². The number of hydrogen-bond donors (Lipinski definition) is 2. The zero-order chi connectivity index (χ0) is 11.7. The number of anilines is 2. The average Bonchev–Trinajstić information content (AvgIpc) is 2.92. The summed E-state index contributed by atoms with van der Waals surface area (Å²) in [5.74, 6) is 0.0541. The maximum Gasteiger partial charge on any atom is 0.228 e. The van der Waals surface area contributed by atoms with Crippen molar-refractivity contribution in [2.75, 3.05) is 10.6 Å². The molecule has 1 aliphatic heterocycles. The number of nitrogens with zero attached hydrogens (tertiary/aromatic N) is 3. The Morgan fingerprint density at radius 3 is 3.24 bits per heavy atom. The maximum absolute atomic E-state index is 11.2. The number of nitrogens with one attached hydrogen (secondary N) is 2. The molecule has 6 nitrogen and oxygen atoms in total. The van der Waals surface area contributed by atoms with Gasteiger partial charge in [0.1, 0.15) is 0 Å². The predicted octanol–water partition coefficient (Wildman–Crippen LogP) is 1.04. The number of hydrogen-bond acceptors (Lipinski definition) is 6. The van der Waals surface area contributed by atoms with E-state index in [0.29, 0.717) is 18.1 Å². The van der Waals surface area contributed by atoms with Crippen LogP contribution in [0.1, 0.15) is 11.1 Å². The van der Waals surface area contributed by atoms with Crippen LogP contribution in [-0.2, 0) is 17.8 Å². The molecule has 2 aromatic rings. The first-order valence-electron chi connectivity index (χ1n) is 5.12. The highest BCUT2D eigenvalue weighted by Gasteiger charge is 2.17. The average molecular weight is 247 g/mol. The molecule has 1 amide bonds. The van der Waals surface area contributed by atoms with Crippen molar-refractivity contribution in [1.29, 1.82) is 0 Å². The molecule has 1 aromatic carbocycles. The summed E-state index contributed by atoms with van der Waals surface area (Å²) in [7, 11) is 0. The van der Waals surface area contributed by atoms with Crippen LogP contribution in [0.25, 0.3) is 0 Å². The third kappa shape index (κ3) is 2.09. The number of carbonyl (C=O) groups is 1. The standard InChI is InChI=1S/C10H9N5OS/c16-9-4-7-3-6(1-2-8(7)12-9)5-11-10-13-14-15-17-10/h1-3H,4-5H2,(H,12,16)(H,11,13,15). The van der Waals surface area contributed by atoms with Gasteiger partial charge in [-0.2, -0.15) is 0 Å². The molecule has 0 saturated heterocycles. The van der Waals surface area contributed by atoms with Gasteiger partial charge in [-0.15, -0.1) is 0 Å². The number of rotatable bonds is 3. The Morgan fingerprint density at radius 2 is 2.41 bits per heavy atom. The molecule has 1 aromatic heterocycles. The maximum atomic E-state index is 11.2. The van der Waals surface area contributed by atoms with Gasteiger partial charge in [0.15, 0.2) is 0 Å². The highest BCUT2D eigenvalue weighted by Crippen LogP contribution is 2.24. The summed E-state index contributed by atoms with van der Waals surface area (Å²) in [6.45, 7) is 0.651. The number of benzene rings is 1. The van der Waals surface area contributed by atoms with E-state index in [1.54, 1.807) is 0 Å². The second-order valence-corrected chi connectivity index (χ2v) is 4.47. The Morgan fingerprint density at radius 1 is 1.47 bits per heavy atom. The van der Waals surface area contributed by atoms with Crippen LogP contribution in [0.3, 0.4) is 0 Å². The van der Waals surface area contributed by atoms with E-state index in [9.17, 15) is 4.79 Å². The lowest BCUT2D eigenvalue weighted by Gasteiger charge is -2.04. The molecule has 0 bridgehead atoms. The summed E-state index contributed by atoms with van der Waals surface area (Å²) in [5.41, 5.74) is 3.07. The molecular weight excluding hydrogens is 238 g/mol. The summed E-state index contributed by atoms with van der Waals surface area (Å²) in [4.78, 5) is 11.2. The van der Waals surface area contributed by atoms with Crippen molar-refractivity contribution in [2.24, 2.45) is 0 Å². The minimum absolute atomic E-state index is 0.0541. The van der Waals surface area contributed by atoms with Crippen LogP contribution >= 0.6 is 11.5 Å². The molecule has 0 spiro atoms. The Bertz CT molecular complexity index is 554.